The Morgan fingerprint density at radius 1 is 0.812 bits per heavy atom. The maximum Gasteiger partial charge on any atom is 0.0440 e. The highest BCUT2D eigenvalue weighted by Crippen LogP contribution is 2.31. The van der Waals surface area contributed by atoms with Crippen LogP contribution < -0.4 is 4.90 Å². The summed E-state index contributed by atoms with van der Waals surface area (Å²) in [7, 11) is 4.12. The van der Waals surface area contributed by atoms with Crippen LogP contribution in [0.3, 0.4) is 0 Å². The van der Waals surface area contributed by atoms with Gasteiger partial charge in [-0.25, -0.2) is 0 Å². The maximum atomic E-state index is 4.08. The lowest BCUT2D eigenvalue weighted by Gasteiger charge is -2.18. The SMILES string of the molecule is [CH2]c1ccccc1-c1ccccc1N(C)C. The third-order valence-electron chi connectivity index (χ3n) is 2.69. The summed E-state index contributed by atoms with van der Waals surface area (Å²) in [6.07, 6.45) is 0. The first-order valence-electron chi connectivity index (χ1n) is 5.38. The van der Waals surface area contributed by atoms with E-state index in [0.29, 0.717) is 0 Å². The molecule has 0 unspecified atom stereocenters. The van der Waals surface area contributed by atoms with E-state index in [0.717, 1.165) is 5.56 Å². The Hall–Kier alpha value is -1.76. The third kappa shape index (κ3) is 1.94. The van der Waals surface area contributed by atoms with Crippen molar-refractivity contribution in [2.45, 2.75) is 0 Å². The minimum Gasteiger partial charge on any atom is -0.377 e. The second kappa shape index (κ2) is 4.40. The van der Waals surface area contributed by atoms with E-state index in [-0.39, 0.29) is 0 Å². The van der Waals surface area contributed by atoms with Crippen molar-refractivity contribution in [2.75, 3.05) is 19.0 Å². The molecule has 0 N–H and O–H groups in total. The van der Waals surface area contributed by atoms with Crippen LogP contribution in [-0.4, -0.2) is 14.1 Å². The fourth-order valence-electron chi connectivity index (χ4n) is 1.87. The minimum absolute atomic E-state index is 1.07. The smallest absolute Gasteiger partial charge is 0.0440 e. The number of nitrogens with zero attached hydrogens (tertiary/aromatic N) is 1. The second-order valence-corrected chi connectivity index (χ2v) is 4.07. The second-order valence-electron chi connectivity index (χ2n) is 4.07. The number of para-hydroxylation sites is 1. The van der Waals surface area contributed by atoms with E-state index >= 15 is 0 Å². The van der Waals surface area contributed by atoms with Gasteiger partial charge < -0.3 is 4.90 Å². The van der Waals surface area contributed by atoms with Gasteiger partial charge in [0.15, 0.2) is 0 Å². The maximum absolute atomic E-state index is 4.08. The number of rotatable bonds is 2. The predicted molar refractivity (Wildman–Crippen MR) is 70.7 cm³/mol. The molecule has 0 aromatic heterocycles. The lowest BCUT2D eigenvalue weighted by Crippen LogP contribution is -2.09. The molecule has 0 saturated carbocycles. The molecule has 1 heteroatoms. The predicted octanol–water partition coefficient (Wildman–Crippen LogP) is 3.60. The monoisotopic (exact) mass is 210 g/mol. The molecule has 2 rings (SSSR count). The van der Waals surface area contributed by atoms with Crippen LogP contribution in [0.25, 0.3) is 11.1 Å². The first-order valence-corrected chi connectivity index (χ1v) is 5.38. The van der Waals surface area contributed by atoms with Gasteiger partial charge in [-0.1, -0.05) is 42.5 Å². The van der Waals surface area contributed by atoms with Crippen molar-refractivity contribution in [1.29, 1.82) is 0 Å². The van der Waals surface area contributed by atoms with Crippen LogP contribution in [0.2, 0.25) is 0 Å². The van der Waals surface area contributed by atoms with Crippen LogP contribution in [0.5, 0.6) is 0 Å². The molecule has 0 saturated heterocycles. The summed E-state index contributed by atoms with van der Waals surface area (Å²) in [6.45, 7) is 4.08. The largest absolute Gasteiger partial charge is 0.377 e. The van der Waals surface area contributed by atoms with Gasteiger partial charge >= 0.3 is 0 Å². The Balaban J connectivity index is 2.60. The van der Waals surface area contributed by atoms with Crippen molar-refractivity contribution < 1.29 is 0 Å². The van der Waals surface area contributed by atoms with E-state index in [2.05, 4.69) is 62.3 Å². The van der Waals surface area contributed by atoms with Crippen molar-refractivity contribution in [3.63, 3.8) is 0 Å². The molecule has 0 atom stereocenters. The first-order chi connectivity index (χ1) is 7.70. The molecule has 0 amide bonds. The summed E-state index contributed by atoms with van der Waals surface area (Å²) in [5, 5.41) is 0. The molecular formula is C15H16N. The van der Waals surface area contributed by atoms with Crippen molar-refractivity contribution in [3.8, 4) is 11.1 Å². The van der Waals surface area contributed by atoms with E-state index in [9.17, 15) is 0 Å². The van der Waals surface area contributed by atoms with E-state index in [1.807, 2.05) is 12.1 Å². The summed E-state index contributed by atoms with van der Waals surface area (Å²) in [6, 6.07) is 16.6. The van der Waals surface area contributed by atoms with Gasteiger partial charge in [0.1, 0.15) is 0 Å². The van der Waals surface area contributed by atoms with Gasteiger partial charge in [-0.05, 0) is 24.1 Å². The zero-order valence-corrected chi connectivity index (χ0v) is 9.77. The molecule has 0 fully saturated rings. The summed E-state index contributed by atoms with van der Waals surface area (Å²) in [5.41, 5.74) is 4.72. The Morgan fingerprint density at radius 3 is 2.00 bits per heavy atom. The molecule has 0 heterocycles. The van der Waals surface area contributed by atoms with Gasteiger partial charge in [0.2, 0.25) is 0 Å². The van der Waals surface area contributed by atoms with Crippen LogP contribution in [0.1, 0.15) is 5.56 Å². The van der Waals surface area contributed by atoms with Crippen LogP contribution in [0.15, 0.2) is 48.5 Å². The Bertz CT molecular complexity index is 486. The Kier molecular flexibility index (Phi) is 2.95. The van der Waals surface area contributed by atoms with Crippen molar-refractivity contribution in [3.05, 3.63) is 61.0 Å². The quantitative estimate of drug-likeness (QED) is 0.732. The standard InChI is InChI=1S/C15H16N/c1-12-8-4-5-9-13(12)14-10-6-7-11-15(14)16(2)3/h4-11H,1H2,2-3H3. The number of benzene rings is 2. The normalized spacial score (nSPS) is 10.2. The van der Waals surface area contributed by atoms with Gasteiger partial charge in [0, 0.05) is 25.3 Å². The lowest BCUT2D eigenvalue weighted by molar-refractivity contribution is 1.13. The van der Waals surface area contributed by atoms with Gasteiger partial charge in [-0.3, -0.25) is 0 Å². The fraction of sp³-hybridized carbons (Fsp3) is 0.133. The molecule has 0 aliphatic heterocycles. The summed E-state index contributed by atoms with van der Waals surface area (Å²) >= 11 is 0. The van der Waals surface area contributed by atoms with Gasteiger partial charge in [-0.15, -0.1) is 0 Å². The van der Waals surface area contributed by atoms with Crippen molar-refractivity contribution in [1.82, 2.24) is 0 Å². The van der Waals surface area contributed by atoms with E-state index in [1.165, 1.54) is 16.8 Å². The number of hydrogen-bond donors (Lipinski definition) is 0. The molecule has 16 heavy (non-hydrogen) atoms. The lowest BCUT2D eigenvalue weighted by atomic mass is 9.99. The molecule has 0 aliphatic carbocycles. The molecule has 81 valence electrons. The molecule has 1 radical (unpaired) electrons. The summed E-state index contributed by atoms with van der Waals surface area (Å²) < 4.78 is 0. The molecule has 0 aliphatic rings. The van der Waals surface area contributed by atoms with Gasteiger partial charge in [0.05, 0.1) is 0 Å². The van der Waals surface area contributed by atoms with Crippen LogP contribution >= 0.6 is 0 Å². The number of hydrogen-bond acceptors (Lipinski definition) is 1. The highest BCUT2D eigenvalue weighted by Gasteiger charge is 2.07. The highest BCUT2D eigenvalue weighted by atomic mass is 15.1. The molecule has 0 spiro atoms. The Labute approximate surface area is 97.3 Å². The molecule has 2 aromatic rings. The van der Waals surface area contributed by atoms with Crippen molar-refractivity contribution in [2.24, 2.45) is 0 Å². The molecular weight excluding hydrogens is 194 g/mol. The first kappa shape index (κ1) is 10.7. The zero-order chi connectivity index (χ0) is 11.5. The average Bonchev–Trinajstić information content (AvgIpc) is 2.29. The van der Waals surface area contributed by atoms with E-state index in [4.69, 9.17) is 0 Å². The van der Waals surface area contributed by atoms with Crippen LogP contribution in [0.4, 0.5) is 5.69 Å². The average molecular weight is 210 g/mol. The topological polar surface area (TPSA) is 3.24 Å². The third-order valence-corrected chi connectivity index (χ3v) is 2.69. The van der Waals surface area contributed by atoms with E-state index < -0.39 is 0 Å². The van der Waals surface area contributed by atoms with Crippen molar-refractivity contribution >= 4 is 5.69 Å². The van der Waals surface area contributed by atoms with Crippen LogP contribution in [-0.2, 0) is 0 Å². The molecule has 1 nitrogen and oxygen atoms in total. The van der Waals surface area contributed by atoms with Crippen LogP contribution in [0, 0.1) is 6.92 Å². The van der Waals surface area contributed by atoms with Gasteiger partial charge in [-0.2, -0.15) is 0 Å². The van der Waals surface area contributed by atoms with Gasteiger partial charge in [0.25, 0.3) is 0 Å². The minimum atomic E-state index is 1.07. The fourth-order valence-corrected chi connectivity index (χ4v) is 1.87. The summed E-state index contributed by atoms with van der Waals surface area (Å²) in [5.74, 6) is 0. The molecule has 2 aromatic carbocycles. The highest BCUT2D eigenvalue weighted by molar-refractivity contribution is 5.80. The summed E-state index contributed by atoms with van der Waals surface area (Å²) in [4.78, 5) is 2.13. The Morgan fingerprint density at radius 2 is 1.38 bits per heavy atom. The zero-order valence-electron chi connectivity index (χ0n) is 9.77. The number of anilines is 1. The molecule has 0 bridgehead atoms. The van der Waals surface area contributed by atoms with E-state index in [1.54, 1.807) is 0 Å².